The molecular weight excluding hydrogens is 264 g/mol. The predicted molar refractivity (Wildman–Crippen MR) is 77.5 cm³/mol. The third kappa shape index (κ3) is 3.61. The second kappa shape index (κ2) is 5.80. The van der Waals surface area contributed by atoms with E-state index < -0.39 is 6.04 Å². The highest BCUT2D eigenvalue weighted by Gasteiger charge is 2.34. The molecule has 0 aliphatic carbocycles. The first kappa shape index (κ1) is 15.8. The molecule has 1 aromatic carbocycles. The number of nitrogens with two attached hydrogens (primary N) is 1. The van der Waals surface area contributed by atoms with Crippen molar-refractivity contribution in [3.05, 3.63) is 29.8 Å². The number of hydrogen-bond donors (Lipinski definition) is 2. The van der Waals surface area contributed by atoms with Gasteiger partial charge >= 0.3 is 0 Å². The van der Waals surface area contributed by atoms with E-state index in [0.717, 1.165) is 17.7 Å². The molecule has 2 rings (SSSR count). The zero-order chi connectivity index (χ0) is 13.3. The summed E-state index contributed by atoms with van der Waals surface area (Å²) in [6, 6.07) is 7.26. The molecule has 1 aliphatic rings. The van der Waals surface area contributed by atoms with Gasteiger partial charge in [0.2, 0.25) is 5.91 Å². The fraction of sp³-hybridized carbons (Fsp3) is 0.500. The molecule has 0 saturated heterocycles. The number of halogens is 1. The molecule has 4 nitrogen and oxygen atoms in total. The van der Waals surface area contributed by atoms with Crippen LogP contribution >= 0.6 is 12.4 Å². The van der Waals surface area contributed by atoms with Gasteiger partial charge in [-0.3, -0.25) is 4.79 Å². The number of ether oxygens (including phenoxy) is 1. The third-order valence-corrected chi connectivity index (χ3v) is 3.11. The van der Waals surface area contributed by atoms with Crippen LogP contribution in [0.2, 0.25) is 0 Å². The molecule has 0 aromatic heterocycles. The van der Waals surface area contributed by atoms with E-state index in [4.69, 9.17) is 10.5 Å². The van der Waals surface area contributed by atoms with Gasteiger partial charge in [0.1, 0.15) is 11.4 Å². The van der Waals surface area contributed by atoms with E-state index >= 15 is 0 Å². The van der Waals surface area contributed by atoms with Crippen LogP contribution in [-0.4, -0.2) is 17.6 Å². The lowest BCUT2D eigenvalue weighted by Crippen LogP contribution is -2.45. The van der Waals surface area contributed by atoms with Gasteiger partial charge in [-0.15, -0.1) is 12.4 Å². The molecule has 106 valence electrons. The Morgan fingerprint density at radius 1 is 1.47 bits per heavy atom. The van der Waals surface area contributed by atoms with Crippen molar-refractivity contribution >= 4 is 18.3 Å². The number of benzene rings is 1. The molecule has 1 aromatic rings. The largest absolute Gasteiger partial charge is 0.487 e. The molecule has 0 bridgehead atoms. The number of carbonyl (C=O) groups is 1. The van der Waals surface area contributed by atoms with Crippen LogP contribution in [0.3, 0.4) is 0 Å². The standard InChI is InChI=1S/C14H20N2O2.ClH/c1-9(15)13(17)16-11-8-14(2,3)18-12-7-5-4-6-10(11)12;/h4-7,9,11H,8,15H2,1-3H3,(H,16,17);1H/t9-,11?;/m0./s1. The lowest BCUT2D eigenvalue weighted by Gasteiger charge is -2.38. The zero-order valence-electron chi connectivity index (χ0n) is 11.5. The van der Waals surface area contributed by atoms with Crippen molar-refractivity contribution in [2.45, 2.75) is 44.9 Å². The Balaban J connectivity index is 0.00000180. The molecule has 2 atom stereocenters. The van der Waals surface area contributed by atoms with E-state index in [1.807, 2.05) is 38.1 Å². The van der Waals surface area contributed by atoms with Crippen LogP contribution in [0.1, 0.15) is 38.8 Å². The predicted octanol–water partition coefficient (Wildman–Crippen LogP) is 2.17. The van der Waals surface area contributed by atoms with Crippen molar-refractivity contribution in [2.75, 3.05) is 0 Å². The normalized spacial score (nSPS) is 21.4. The first-order valence-corrected chi connectivity index (χ1v) is 6.23. The van der Waals surface area contributed by atoms with Crippen LogP contribution in [0, 0.1) is 0 Å². The average molecular weight is 285 g/mol. The van der Waals surface area contributed by atoms with E-state index in [1.165, 1.54) is 0 Å². The SMILES string of the molecule is C[C@H](N)C(=O)NC1CC(C)(C)Oc2ccccc21.Cl. The summed E-state index contributed by atoms with van der Waals surface area (Å²) >= 11 is 0. The van der Waals surface area contributed by atoms with Crippen LogP contribution in [-0.2, 0) is 4.79 Å². The van der Waals surface area contributed by atoms with Crippen LogP contribution in [0.5, 0.6) is 5.75 Å². The molecule has 0 spiro atoms. The fourth-order valence-electron chi connectivity index (χ4n) is 2.23. The Morgan fingerprint density at radius 3 is 2.74 bits per heavy atom. The lowest BCUT2D eigenvalue weighted by molar-refractivity contribution is -0.123. The van der Waals surface area contributed by atoms with Gasteiger partial charge in [0.15, 0.2) is 0 Å². The minimum atomic E-state index is -0.497. The van der Waals surface area contributed by atoms with Crippen LogP contribution in [0.25, 0.3) is 0 Å². The summed E-state index contributed by atoms with van der Waals surface area (Å²) < 4.78 is 5.91. The van der Waals surface area contributed by atoms with Crippen molar-refractivity contribution in [1.29, 1.82) is 0 Å². The number of carbonyl (C=O) groups excluding carboxylic acids is 1. The number of hydrogen-bond acceptors (Lipinski definition) is 3. The highest BCUT2D eigenvalue weighted by atomic mass is 35.5. The Labute approximate surface area is 120 Å². The first-order valence-electron chi connectivity index (χ1n) is 6.23. The van der Waals surface area contributed by atoms with Gasteiger partial charge in [-0.05, 0) is 26.8 Å². The smallest absolute Gasteiger partial charge is 0.237 e. The van der Waals surface area contributed by atoms with Crippen molar-refractivity contribution < 1.29 is 9.53 Å². The maximum Gasteiger partial charge on any atom is 0.237 e. The van der Waals surface area contributed by atoms with Crippen LogP contribution in [0.15, 0.2) is 24.3 Å². The quantitative estimate of drug-likeness (QED) is 0.875. The van der Waals surface area contributed by atoms with E-state index in [0.29, 0.717) is 0 Å². The summed E-state index contributed by atoms with van der Waals surface area (Å²) in [5, 5.41) is 2.99. The van der Waals surface area contributed by atoms with E-state index in [-0.39, 0.29) is 30.0 Å². The summed E-state index contributed by atoms with van der Waals surface area (Å²) in [6.45, 7) is 5.73. The molecule has 1 aliphatic heterocycles. The highest BCUT2D eigenvalue weighted by molar-refractivity contribution is 5.85. The van der Waals surface area contributed by atoms with Gasteiger partial charge in [-0.2, -0.15) is 0 Å². The molecule has 0 radical (unpaired) electrons. The van der Waals surface area contributed by atoms with E-state index in [1.54, 1.807) is 6.92 Å². The van der Waals surface area contributed by atoms with Crippen LogP contribution < -0.4 is 15.8 Å². The maximum absolute atomic E-state index is 11.8. The molecule has 19 heavy (non-hydrogen) atoms. The Bertz CT molecular complexity index is 461. The minimum Gasteiger partial charge on any atom is -0.487 e. The van der Waals surface area contributed by atoms with Crippen molar-refractivity contribution in [3.8, 4) is 5.75 Å². The molecule has 3 N–H and O–H groups in total. The van der Waals surface area contributed by atoms with E-state index in [9.17, 15) is 4.79 Å². The number of rotatable bonds is 2. The molecular formula is C14H21ClN2O2. The minimum absolute atomic E-state index is 0. The second-order valence-electron chi connectivity index (χ2n) is 5.45. The summed E-state index contributed by atoms with van der Waals surface area (Å²) in [6.07, 6.45) is 0.739. The third-order valence-electron chi connectivity index (χ3n) is 3.11. The lowest BCUT2D eigenvalue weighted by atomic mass is 9.89. The second-order valence-corrected chi connectivity index (χ2v) is 5.45. The van der Waals surface area contributed by atoms with Gasteiger partial charge in [-0.1, -0.05) is 18.2 Å². The molecule has 0 fully saturated rings. The Hall–Kier alpha value is -1.26. The van der Waals surface area contributed by atoms with Gasteiger partial charge in [-0.25, -0.2) is 0 Å². The van der Waals surface area contributed by atoms with Gasteiger partial charge in [0.05, 0.1) is 12.1 Å². The molecule has 1 heterocycles. The highest BCUT2D eigenvalue weighted by Crippen LogP contribution is 2.39. The summed E-state index contributed by atoms with van der Waals surface area (Å²) in [7, 11) is 0. The van der Waals surface area contributed by atoms with Crippen LogP contribution in [0.4, 0.5) is 0 Å². The van der Waals surface area contributed by atoms with Crippen molar-refractivity contribution in [3.63, 3.8) is 0 Å². The van der Waals surface area contributed by atoms with Gasteiger partial charge in [0, 0.05) is 12.0 Å². The number of fused-ring (bicyclic) bond motifs is 1. The molecule has 1 unspecified atom stereocenters. The summed E-state index contributed by atoms with van der Waals surface area (Å²) in [5.74, 6) is 0.705. The van der Waals surface area contributed by atoms with Crippen molar-refractivity contribution in [1.82, 2.24) is 5.32 Å². The molecule has 5 heteroatoms. The topological polar surface area (TPSA) is 64.4 Å². The first-order chi connectivity index (χ1) is 8.39. The van der Waals surface area contributed by atoms with Gasteiger partial charge in [0.25, 0.3) is 0 Å². The number of nitrogens with one attached hydrogen (secondary N) is 1. The van der Waals surface area contributed by atoms with E-state index in [2.05, 4.69) is 5.32 Å². The maximum atomic E-state index is 11.8. The number of para-hydroxylation sites is 1. The summed E-state index contributed by atoms with van der Waals surface area (Å²) in [5.41, 5.74) is 6.33. The zero-order valence-corrected chi connectivity index (χ0v) is 12.3. The van der Waals surface area contributed by atoms with Crippen molar-refractivity contribution in [2.24, 2.45) is 5.73 Å². The van der Waals surface area contributed by atoms with Gasteiger partial charge < -0.3 is 15.8 Å². The fourth-order valence-corrected chi connectivity index (χ4v) is 2.23. The molecule has 1 amide bonds. The Morgan fingerprint density at radius 2 is 2.11 bits per heavy atom. The Kier molecular flexibility index (Phi) is 4.82. The average Bonchev–Trinajstić information content (AvgIpc) is 2.27. The number of amides is 1. The monoisotopic (exact) mass is 284 g/mol. The summed E-state index contributed by atoms with van der Waals surface area (Å²) in [4.78, 5) is 11.8. The molecule has 0 saturated carbocycles.